The van der Waals surface area contributed by atoms with Gasteiger partial charge in [-0.15, -0.1) is 0 Å². The lowest BCUT2D eigenvalue weighted by molar-refractivity contribution is -0.117. The minimum absolute atomic E-state index is 0.0535. The number of nitrogens with one attached hydrogen (secondary N) is 2. The molecule has 0 saturated carbocycles. The third-order valence-corrected chi connectivity index (χ3v) is 5.43. The second-order valence-electron chi connectivity index (χ2n) is 5.59. The fourth-order valence-electron chi connectivity index (χ4n) is 2.04. The standard InChI is InChI=1S/C17H19ClN2O3S/c1-11-4-7-15(10-12(11)2)19-17(21)13(3)20-24(22,23)16-8-5-14(18)6-9-16/h4-10,13,20H,1-3H3,(H,19,21)/t13-/m1/s1. The third kappa shape index (κ3) is 4.56. The van der Waals surface area contributed by atoms with Crippen molar-refractivity contribution in [2.75, 3.05) is 5.32 Å². The van der Waals surface area contributed by atoms with Gasteiger partial charge in [-0.2, -0.15) is 4.72 Å². The van der Waals surface area contributed by atoms with E-state index in [9.17, 15) is 13.2 Å². The van der Waals surface area contributed by atoms with Gasteiger partial charge < -0.3 is 5.32 Å². The molecule has 2 aromatic rings. The second kappa shape index (κ2) is 7.34. The number of carbonyl (C=O) groups excluding carboxylic acids is 1. The van der Waals surface area contributed by atoms with Gasteiger partial charge in [-0.1, -0.05) is 17.7 Å². The van der Waals surface area contributed by atoms with E-state index in [0.717, 1.165) is 11.1 Å². The molecule has 0 heterocycles. The smallest absolute Gasteiger partial charge is 0.242 e. The van der Waals surface area contributed by atoms with Gasteiger partial charge in [0.2, 0.25) is 15.9 Å². The molecule has 7 heteroatoms. The molecule has 2 aromatic carbocycles. The van der Waals surface area contributed by atoms with E-state index in [1.165, 1.54) is 31.2 Å². The lowest BCUT2D eigenvalue weighted by Gasteiger charge is -2.15. The first-order chi connectivity index (χ1) is 11.2. The number of hydrogen-bond acceptors (Lipinski definition) is 3. The summed E-state index contributed by atoms with van der Waals surface area (Å²) >= 11 is 5.75. The fourth-order valence-corrected chi connectivity index (χ4v) is 3.37. The Morgan fingerprint density at radius 2 is 1.67 bits per heavy atom. The Labute approximate surface area is 147 Å². The summed E-state index contributed by atoms with van der Waals surface area (Å²) in [4.78, 5) is 12.3. The average Bonchev–Trinajstić information content (AvgIpc) is 2.51. The van der Waals surface area contributed by atoms with Crippen LogP contribution in [0.5, 0.6) is 0 Å². The lowest BCUT2D eigenvalue weighted by atomic mass is 10.1. The molecule has 24 heavy (non-hydrogen) atoms. The number of halogens is 1. The quantitative estimate of drug-likeness (QED) is 0.852. The van der Waals surface area contributed by atoms with E-state index in [1.54, 1.807) is 6.07 Å². The van der Waals surface area contributed by atoms with Crippen molar-refractivity contribution < 1.29 is 13.2 Å². The maximum absolute atomic E-state index is 12.3. The molecule has 0 bridgehead atoms. The number of carbonyl (C=O) groups is 1. The first-order valence-electron chi connectivity index (χ1n) is 7.35. The van der Waals surface area contributed by atoms with E-state index < -0.39 is 22.0 Å². The highest BCUT2D eigenvalue weighted by molar-refractivity contribution is 7.89. The van der Waals surface area contributed by atoms with Gasteiger partial charge in [0.05, 0.1) is 10.9 Å². The van der Waals surface area contributed by atoms with Gasteiger partial charge in [0.15, 0.2) is 0 Å². The summed E-state index contributed by atoms with van der Waals surface area (Å²) in [5.74, 6) is -0.434. The Hall–Kier alpha value is -1.89. The summed E-state index contributed by atoms with van der Waals surface area (Å²) in [5, 5.41) is 3.15. The topological polar surface area (TPSA) is 75.3 Å². The van der Waals surface area contributed by atoms with Crippen molar-refractivity contribution in [3.63, 3.8) is 0 Å². The predicted molar refractivity (Wildman–Crippen MR) is 95.8 cm³/mol. The number of sulfonamides is 1. The maximum atomic E-state index is 12.3. The number of anilines is 1. The van der Waals surface area contributed by atoms with Gasteiger partial charge in [0, 0.05) is 10.7 Å². The third-order valence-electron chi connectivity index (χ3n) is 3.62. The van der Waals surface area contributed by atoms with Crippen molar-refractivity contribution in [1.82, 2.24) is 4.72 Å². The van der Waals surface area contributed by atoms with E-state index in [1.807, 2.05) is 26.0 Å². The van der Waals surface area contributed by atoms with Gasteiger partial charge in [0.25, 0.3) is 0 Å². The molecule has 0 aliphatic rings. The van der Waals surface area contributed by atoms with Gasteiger partial charge in [-0.05, 0) is 68.3 Å². The molecule has 0 saturated heterocycles. The van der Waals surface area contributed by atoms with Crippen molar-refractivity contribution >= 4 is 33.2 Å². The molecule has 0 unspecified atom stereocenters. The van der Waals surface area contributed by atoms with Crippen LogP contribution in [0.2, 0.25) is 5.02 Å². The van der Waals surface area contributed by atoms with Gasteiger partial charge >= 0.3 is 0 Å². The maximum Gasteiger partial charge on any atom is 0.242 e. The summed E-state index contributed by atoms with van der Waals surface area (Å²) in [6.07, 6.45) is 0. The van der Waals surface area contributed by atoms with Crippen LogP contribution in [-0.4, -0.2) is 20.4 Å². The van der Waals surface area contributed by atoms with Crippen LogP contribution < -0.4 is 10.0 Å². The summed E-state index contributed by atoms with van der Waals surface area (Å²) in [6.45, 7) is 5.41. The molecule has 5 nitrogen and oxygen atoms in total. The molecule has 0 aliphatic carbocycles. The van der Waals surface area contributed by atoms with Gasteiger partial charge in [-0.25, -0.2) is 8.42 Å². The predicted octanol–water partition coefficient (Wildman–Crippen LogP) is 3.26. The zero-order chi connectivity index (χ0) is 17.9. The fraction of sp³-hybridized carbons (Fsp3) is 0.235. The molecular formula is C17H19ClN2O3S. The minimum Gasteiger partial charge on any atom is -0.325 e. The highest BCUT2D eigenvalue weighted by Gasteiger charge is 2.22. The second-order valence-corrected chi connectivity index (χ2v) is 7.74. The molecule has 2 rings (SSSR count). The Morgan fingerprint density at radius 3 is 2.25 bits per heavy atom. The average molecular weight is 367 g/mol. The Bertz CT molecular complexity index is 849. The first kappa shape index (κ1) is 18.4. The zero-order valence-electron chi connectivity index (χ0n) is 13.6. The molecular weight excluding hydrogens is 348 g/mol. The molecule has 128 valence electrons. The van der Waals surface area contributed by atoms with Crippen molar-refractivity contribution in [3.8, 4) is 0 Å². The molecule has 0 fully saturated rings. The molecule has 0 spiro atoms. The highest BCUT2D eigenvalue weighted by atomic mass is 35.5. The number of hydrogen-bond donors (Lipinski definition) is 2. The zero-order valence-corrected chi connectivity index (χ0v) is 15.2. The molecule has 1 atom stereocenters. The molecule has 0 radical (unpaired) electrons. The van der Waals surface area contributed by atoms with Crippen LogP contribution in [0.25, 0.3) is 0 Å². The van der Waals surface area contributed by atoms with E-state index in [-0.39, 0.29) is 4.90 Å². The Morgan fingerprint density at radius 1 is 1.04 bits per heavy atom. The summed E-state index contributed by atoms with van der Waals surface area (Å²) in [7, 11) is -3.80. The number of aryl methyl sites for hydroxylation is 2. The normalized spacial score (nSPS) is 12.7. The molecule has 2 N–H and O–H groups in total. The first-order valence-corrected chi connectivity index (χ1v) is 9.21. The van der Waals surface area contributed by atoms with E-state index in [2.05, 4.69) is 10.0 Å². The van der Waals surface area contributed by atoms with Crippen molar-refractivity contribution in [3.05, 3.63) is 58.6 Å². The molecule has 1 amide bonds. The lowest BCUT2D eigenvalue weighted by Crippen LogP contribution is -2.41. The monoisotopic (exact) mass is 366 g/mol. The van der Waals surface area contributed by atoms with Crippen molar-refractivity contribution in [2.45, 2.75) is 31.7 Å². The van der Waals surface area contributed by atoms with Crippen LogP contribution in [-0.2, 0) is 14.8 Å². The van der Waals surface area contributed by atoms with E-state index in [0.29, 0.717) is 10.7 Å². The van der Waals surface area contributed by atoms with E-state index >= 15 is 0 Å². The Balaban J connectivity index is 2.07. The van der Waals surface area contributed by atoms with Crippen LogP contribution in [0.4, 0.5) is 5.69 Å². The molecule has 0 aliphatic heterocycles. The van der Waals surface area contributed by atoms with Crippen molar-refractivity contribution in [1.29, 1.82) is 0 Å². The largest absolute Gasteiger partial charge is 0.325 e. The van der Waals surface area contributed by atoms with Crippen LogP contribution in [0.1, 0.15) is 18.1 Å². The SMILES string of the molecule is Cc1ccc(NC(=O)[C@@H](C)NS(=O)(=O)c2ccc(Cl)cc2)cc1C. The summed E-state index contributed by atoms with van der Waals surface area (Å²) in [6, 6.07) is 10.3. The molecule has 0 aromatic heterocycles. The Kier molecular flexibility index (Phi) is 5.64. The summed E-state index contributed by atoms with van der Waals surface area (Å²) in [5.41, 5.74) is 2.78. The number of benzene rings is 2. The van der Waals surface area contributed by atoms with E-state index in [4.69, 9.17) is 11.6 Å². The van der Waals surface area contributed by atoms with Crippen LogP contribution >= 0.6 is 11.6 Å². The number of rotatable bonds is 5. The highest BCUT2D eigenvalue weighted by Crippen LogP contribution is 2.16. The number of amides is 1. The van der Waals surface area contributed by atoms with Crippen molar-refractivity contribution in [2.24, 2.45) is 0 Å². The van der Waals surface area contributed by atoms with Gasteiger partial charge in [-0.3, -0.25) is 4.79 Å². The summed E-state index contributed by atoms with van der Waals surface area (Å²) < 4.78 is 26.9. The van der Waals surface area contributed by atoms with Gasteiger partial charge in [0.1, 0.15) is 0 Å². The van der Waals surface area contributed by atoms with Crippen LogP contribution in [0.15, 0.2) is 47.4 Å². The van der Waals surface area contributed by atoms with Crippen LogP contribution in [0, 0.1) is 13.8 Å². The van der Waals surface area contributed by atoms with Crippen LogP contribution in [0.3, 0.4) is 0 Å². The minimum atomic E-state index is -3.80.